The van der Waals surface area contributed by atoms with E-state index in [2.05, 4.69) is 51.6 Å². The van der Waals surface area contributed by atoms with Crippen LogP contribution in [0.5, 0.6) is 0 Å². The quantitative estimate of drug-likeness (QED) is 0.756. The van der Waals surface area contributed by atoms with Gasteiger partial charge >= 0.3 is 0 Å². The normalized spacial score (nSPS) is 18.4. The van der Waals surface area contributed by atoms with Gasteiger partial charge in [0.05, 0.1) is 0 Å². The van der Waals surface area contributed by atoms with E-state index >= 15 is 0 Å². The van der Waals surface area contributed by atoms with Crippen LogP contribution >= 0.6 is 0 Å². The Kier molecular flexibility index (Phi) is 7.97. The van der Waals surface area contributed by atoms with Crippen molar-refractivity contribution in [2.45, 2.75) is 92.2 Å². The molecule has 3 heteroatoms. The van der Waals surface area contributed by atoms with Crippen LogP contribution in [0.4, 0.5) is 0 Å². The molecule has 0 spiro atoms. The number of carbonyl (C=O) groups excluding carboxylic acids is 1. The van der Waals surface area contributed by atoms with Crippen molar-refractivity contribution >= 4 is 5.78 Å². The van der Waals surface area contributed by atoms with E-state index in [4.69, 9.17) is 0 Å². The van der Waals surface area contributed by atoms with Crippen molar-refractivity contribution in [3.8, 4) is 0 Å². The van der Waals surface area contributed by atoms with Crippen LogP contribution in [0.1, 0.15) is 81.1 Å². The highest BCUT2D eigenvalue weighted by molar-refractivity contribution is 5.77. The number of rotatable bonds is 2. The zero-order chi connectivity index (χ0) is 16.0. The van der Waals surface area contributed by atoms with E-state index in [9.17, 15) is 4.79 Å². The minimum absolute atomic E-state index is 0.258. The molecular weight excluding hydrogens is 248 g/mol. The maximum Gasteiger partial charge on any atom is 0.132 e. The lowest BCUT2D eigenvalue weighted by molar-refractivity contribution is -0.159. The Balaban J connectivity index is 0.000000511. The van der Waals surface area contributed by atoms with Crippen LogP contribution < -0.4 is 0 Å². The Morgan fingerprint density at radius 3 is 1.25 bits per heavy atom. The molecule has 0 saturated carbocycles. The molecule has 120 valence electrons. The van der Waals surface area contributed by atoms with E-state index in [0.29, 0.717) is 18.6 Å². The molecule has 1 rings (SSSR count). The Morgan fingerprint density at radius 1 is 0.800 bits per heavy atom. The molecule has 0 unspecified atom stereocenters. The van der Waals surface area contributed by atoms with Gasteiger partial charge in [-0.1, -0.05) is 13.8 Å². The van der Waals surface area contributed by atoms with E-state index in [1.165, 1.54) is 25.9 Å². The van der Waals surface area contributed by atoms with Crippen molar-refractivity contribution < 1.29 is 4.79 Å². The molecule has 1 fully saturated rings. The van der Waals surface area contributed by atoms with Gasteiger partial charge in [0.15, 0.2) is 0 Å². The van der Waals surface area contributed by atoms with Gasteiger partial charge in [-0.3, -0.25) is 4.79 Å². The lowest BCUT2D eigenvalue weighted by atomic mass is 10.0. The van der Waals surface area contributed by atoms with Crippen molar-refractivity contribution in [1.29, 1.82) is 0 Å². The molecule has 0 atom stereocenters. The SMILES string of the molecule is CC(C)(C)N1CCCCN1C(C)(C)C.CCC(=O)CC. The fourth-order valence-electron chi connectivity index (χ4n) is 2.41. The maximum absolute atomic E-state index is 10.2. The van der Waals surface area contributed by atoms with Crippen LogP contribution in [0.25, 0.3) is 0 Å². The Labute approximate surface area is 126 Å². The third kappa shape index (κ3) is 6.85. The molecule has 1 aliphatic rings. The molecule has 1 aliphatic heterocycles. The molecule has 0 bridgehead atoms. The summed E-state index contributed by atoms with van der Waals surface area (Å²) in [6, 6.07) is 0. The van der Waals surface area contributed by atoms with Gasteiger partial charge in [0.1, 0.15) is 5.78 Å². The van der Waals surface area contributed by atoms with Crippen LogP contribution in [0.15, 0.2) is 0 Å². The molecule has 20 heavy (non-hydrogen) atoms. The second-order valence-electron chi connectivity index (χ2n) is 7.54. The lowest BCUT2D eigenvalue weighted by Gasteiger charge is -2.52. The number of Topliss-reactive ketones (excluding diaryl/α,β-unsaturated/α-hetero) is 1. The minimum Gasteiger partial charge on any atom is -0.300 e. The third-order valence-corrected chi connectivity index (χ3v) is 3.62. The zero-order valence-electron chi connectivity index (χ0n) is 15.0. The molecule has 0 N–H and O–H groups in total. The zero-order valence-corrected chi connectivity index (χ0v) is 15.0. The molecule has 1 saturated heterocycles. The van der Waals surface area contributed by atoms with E-state index < -0.39 is 0 Å². The largest absolute Gasteiger partial charge is 0.300 e. The number of hydrogen-bond acceptors (Lipinski definition) is 3. The van der Waals surface area contributed by atoms with Gasteiger partial charge in [0, 0.05) is 37.0 Å². The van der Waals surface area contributed by atoms with Gasteiger partial charge in [-0.05, 0) is 54.4 Å². The van der Waals surface area contributed by atoms with E-state index in [1.807, 2.05) is 13.8 Å². The molecule has 0 amide bonds. The van der Waals surface area contributed by atoms with Crippen LogP contribution in [0.3, 0.4) is 0 Å². The van der Waals surface area contributed by atoms with Crippen LogP contribution in [0, 0.1) is 0 Å². The minimum atomic E-state index is 0.258. The summed E-state index contributed by atoms with van der Waals surface area (Å²) in [7, 11) is 0. The molecule has 0 radical (unpaired) electrons. The summed E-state index contributed by atoms with van der Waals surface area (Å²) in [6.07, 6.45) is 4.06. The first-order chi connectivity index (χ1) is 9.04. The monoisotopic (exact) mass is 284 g/mol. The summed E-state index contributed by atoms with van der Waals surface area (Å²) >= 11 is 0. The highest BCUT2D eigenvalue weighted by Gasteiger charge is 2.35. The second-order valence-corrected chi connectivity index (χ2v) is 7.54. The number of nitrogens with zero attached hydrogens (tertiary/aromatic N) is 2. The van der Waals surface area contributed by atoms with Crippen LogP contribution in [0.2, 0.25) is 0 Å². The van der Waals surface area contributed by atoms with Gasteiger partial charge < -0.3 is 0 Å². The number of carbonyl (C=O) groups is 1. The highest BCUT2D eigenvalue weighted by Crippen LogP contribution is 2.27. The number of hydrogen-bond donors (Lipinski definition) is 0. The molecule has 0 aromatic rings. The van der Waals surface area contributed by atoms with E-state index in [1.54, 1.807) is 0 Å². The first-order valence-electron chi connectivity index (χ1n) is 8.11. The van der Waals surface area contributed by atoms with Gasteiger partial charge in [-0.15, -0.1) is 0 Å². The number of hydrazine groups is 1. The third-order valence-electron chi connectivity index (χ3n) is 3.62. The fraction of sp³-hybridized carbons (Fsp3) is 0.941. The summed E-state index contributed by atoms with van der Waals surface area (Å²) in [5.41, 5.74) is 0.515. The topological polar surface area (TPSA) is 23.6 Å². The van der Waals surface area contributed by atoms with Crippen molar-refractivity contribution in [1.82, 2.24) is 10.0 Å². The van der Waals surface area contributed by atoms with Gasteiger partial charge in [0.2, 0.25) is 0 Å². The smallest absolute Gasteiger partial charge is 0.132 e. The molecule has 0 aliphatic carbocycles. The van der Waals surface area contributed by atoms with Crippen molar-refractivity contribution in [3.05, 3.63) is 0 Å². The fourth-order valence-corrected chi connectivity index (χ4v) is 2.41. The molecule has 0 aromatic heterocycles. The molecular formula is C17H36N2O. The van der Waals surface area contributed by atoms with E-state index in [-0.39, 0.29) is 11.1 Å². The second kappa shape index (κ2) is 8.14. The number of ketones is 1. The van der Waals surface area contributed by atoms with Crippen LogP contribution in [-0.4, -0.2) is 40.0 Å². The first-order valence-corrected chi connectivity index (χ1v) is 8.11. The van der Waals surface area contributed by atoms with Crippen molar-refractivity contribution in [3.63, 3.8) is 0 Å². The summed E-state index contributed by atoms with van der Waals surface area (Å²) in [5.74, 6) is 0.343. The Bertz CT molecular complexity index is 258. The lowest BCUT2D eigenvalue weighted by Crippen LogP contribution is -2.61. The summed E-state index contributed by atoms with van der Waals surface area (Å²) in [6.45, 7) is 20.0. The van der Waals surface area contributed by atoms with Crippen molar-refractivity contribution in [2.24, 2.45) is 0 Å². The van der Waals surface area contributed by atoms with Gasteiger partial charge in [0.25, 0.3) is 0 Å². The first kappa shape index (κ1) is 19.6. The maximum atomic E-state index is 10.2. The molecule has 1 heterocycles. The summed E-state index contributed by atoms with van der Waals surface area (Å²) in [5, 5.41) is 5.08. The van der Waals surface area contributed by atoms with Gasteiger partial charge in [-0.2, -0.15) is 0 Å². The van der Waals surface area contributed by atoms with Gasteiger partial charge in [-0.25, -0.2) is 10.0 Å². The molecule has 3 nitrogen and oxygen atoms in total. The average Bonchev–Trinajstić information content (AvgIpc) is 2.36. The Hall–Kier alpha value is -0.410. The Morgan fingerprint density at radius 2 is 1.10 bits per heavy atom. The van der Waals surface area contributed by atoms with Crippen LogP contribution in [-0.2, 0) is 4.79 Å². The predicted octanol–water partition coefficient (Wildman–Crippen LogP) is 4.27. The standard InChI is InChI=1S/C12H26N2.C5H10O/c1-11(2,3)13-9-7-8-10-14(13)12(4,5)6;1-3-5(6)4-2/h7-10H2,1-6H3;3-4H2,1-2H3. The van der Waals surface area contributed by atoms with Crippen molar-refractivity contribution in [2.75, 3.05) is 13.1 Å². The highest BCUT2D eigenvalue weighted by atomic mass is 16.1. The molecule has 0 aromatic carbocycles. The summed E-state index contributed by atoms with van der Waals surface area (Å²) in [4.78, 5) is 10.2. The predicted molar refractivity (Wildman–Crippen MR) is 87.7 cm³/mol. The summed E-state index contributed by atoms with van der Waals surface area (Å²) < 4.78 is 0. The van der Waals surface area contributed by atoms with E-state index in [0.717, 1.165) is 0 Å². The average molecular weight is 284 g/mol.